The van der Waals surface area contributed by atoms with Crippen molar-refractivity contribution in [3.8, 4) is 0 Å². The summed E-state index contributed by atoms with van der Waals surface area (Å²) >= 11 is 0. The summed E-state index contributed by atoms with van der Waals surface area (Å²) in [5.41, 5.74) is 2.59. The molecule has 0 radical (unpaired) electrons. The van der Waals surface area contributed by atoms with Gasteiger partial charge in [-0.3, -0.25) is 0 Å². The summed E-state index contributed by atoms with van der Waals surface area (Å²) in [6, 6.07) is 0. The highest BCUT2D eigenvalue weighted by molar-refractivity contribution is 5.46. The second-order valence-corrected chi connectivity index (χ2v) is 5.29. The minimum atomic E-state index is 0.932. The topological polar surface area (TPSA) is 55.6 Å². The van der Waals surface area contributed by atoms with Gasteiger partial charge in [0.15, 0.2) is 0 Å². The van der Waals surface area contributed by atoms with Crippen molar-refractivity contribution in [1.29, 1.82) is 0 Å². The van der Waals surface area contributed by atoms with Crippen LogP contribution in [0.2, 0.25) is 0 Å². The van der Waals surface area contributed by atoms with E-state index in [1.54, 1.807) is 6.33 Å². The Morgan fingerprint density at radius 2 is 2.10 bits per heavy atom. The molecule has 0 fully saturated rings. The van der Waals surface area contributed by atoms with Crippen LogP contribution in [0.25, 0.3) is 0 Å². The lowest BCUT2D eigenvalue weighted by atomic mass is 10.1. The molecular formula is C15H21N5. The summed E-state index contributed by atoms with van der Waals surface area (Å²) in [4.78, 5) is 12.9. The van der Waals surface area contributed by atoms with Gasteiger partial charge < -0.3 is 9.88 Å². The fraction of sp³-hybridized carbons (Fsp3) is 0.533. The van der Waals surface area contributed by atoms with E-state index < -0.39 is 0 Å². The predicted octanol–water partition coefficient (Wildman–Crippen LogP) is 2.44. The molecule has 20 heavy (non-hydrogen) atoms. The van der Waals surface area contributed by atoms with Gasteiger partial charge in [0, 0.05) is 36.7 Å². The van der Waals surface area contributed by atoms with E-state index in [-0.39, 0.29) is 0 Å². The van der Waals surface area contributed by atoms with Crippen LogP contribution < -0.4 is 5.32 Å². The van der Waals surface area contributed by atoms with Gasteiger partial charge in [0.2, 0.25) is 0 Å². The largest absolute Gasteiger partial charge is 0.370 e. The minimum absolute atomic E-state index is 0.932. The molecule has 0 aromatic carbocycles. The summed E-state index contributed by atoms with van der Waals surface area (Å²) in [7, 11) is 0. The number of hydrogen-bond donors (Lipinski definition) is 1. The monoisotopic (exact) mass is 271 g/mol. The van der Waals surface area contributed by atoms with E-state index in [4.69, 9.17) is 0 Å². The summed E-state index contributed by atoms with van der Waals surface area (Å²) in [6.07, 6.45) is 14.5. The van der Waals surface area contributed by atoms with E-state index in [0.717, 1.165) is 38.2 Å². The van der Waals surface area contributed by atoms with E-state index >= 15 is 0 Å². The number of aromatic nitrogens is 4. The van der Waals surface area contributed by atoms with Gasteiger partial charge in [-0.15, -0.1) is 0 Å². The molecule has 2 aromatic rings. The van der Waals surface area contributed by atoms with Gasteiger partial charge in [-0.1, -0.05) is 6.42 Å². The fourth-order valence-electron chi connectivity index (χ4n) is 2.74. The average molecular weight is 271 g/mol. The molecular weight excluding hydrogens is 250 g/mol. The van der Waals surface area contributed by atoms with E-state index in [9.17, 15) is 0 Å². The van der Waals surface area contributed by atoms with Gasteiger partial charge in [-0.25, -0.2) is 15.0 Å². The molecule has 1 aliphatic carbocycles. The third-order valence-electron chi connectivity index (χ3n) is 3.82. The third kappa shape index (κ3) is 3.15. The average Bonchev–Trinajstić information content (AvgIpc) is 2.87. The standard InChI is InChI=1S/C15H21N5/c1-2-5-13-14(6-3-1)18-11-19-15(13)17-7-4-9-20-10-8-16-12-20/h8,10-12H,1-7,9H2,(H,17,18,19). The van der Waals surface area contributed by atoms with Crippen LogP contribution in [0.3, 0.4) is 0 Å². The quantitative estimate of drug-likeness (QED) is 0.670. The lowest BCUT2D eigenvalue weighted by Gasteiger charge is -2.12. The van der Waals surface area contributed by atoms with E-state index in [0.29, 0.717) is 0 Å². The number of fused-ring (bicyclic) bond motifs is 1. The Kier molecular flexibility index (Phi) is 4.25. The number of nitrogens with one attached hydrogen (secondary N) is 1. The van der Waals surface area contributed by atoms with Crippen molar-refractivity contribution in [2.75, 3.05) is 11.9 Å². The number of hydrogen-bond acceptors (Lipinski definition) is 4. The molecule has 3 rings (SSSR count). The van der Waals surface area contributed by atoms with Gasteiger partial charge in [0.25, 0.3) is 0 Å². The van der Waals surface area contributed by atoms with Gasteiger partial charge >= 0.3 is 0 Å². The highest BCUT2D eigenvalue weighted by atomic mass is 15.0. The Labute approximate surface area is 119 Å². The van der Waals surface area contributed by atoms with Crippen molar-refractivity contribution < 1.29 is 0 Å². The van der Waals surface area contributed by atoms with E-state index in [2.05, 4.69) is 24.8 Å². The zero-order valence-electron chi connectivity index (χ0n) is 11.8. The van der Waals surface area contributed by atoms with Crippen molar-refractivity contribution in [2.45, 2.75) is 45.1 Å². The predicted molar refractivity (Wildman–Crippen MR) is 78.6 cm³/mol. The maximum Gasteiger partial charge on any atom is 0.132 e. The van der Waals surface area contributed by atoms with Crippen LogP contribution >= 0.6 is 0 Å². The van der Waals surface area contributed by atoms with Crippen LogP contribution in [0.5, 0.6) is 0 Å². The molecule has 0 saturated heterocycles. The zero-order chi connectivity index (χ0) is 13.6. The first-order valence-corrected chi connectivity index (χ1v) is 7.46. The van der Waals surface area contributed by atoms with Crippen molar-refractivity contribution >= 4 is 5.82 Å². The van der Waals surface area contributed by atoms with Crippen LogP contribution in [0.1, 0.15) is 36.9 Å². The normalized spacial score (nSPS) is 14.6. The smallest absolute Gasteiger partial charge is 0.132 e. The first kappa shape index (κ1) is 13.1. The summed E-state index contributed by atoms with van der Waals surface area (Å²) in [5.74, 6) is 1.04. The summed E-state index contributed by atoms with van der Waals surface area (Å²) in [6.45, 7) is 1.92. The summed E-state index contributed by atoms with van der Waals surface area (Å²) in [5, 5.41) is 3.48. The molecule has 0 amide bonds. The Morgan fingerprint density at radius 3 is 3.00 bits per heavy atom. The van der Waals surface area contributed by atoms with Gasteiger partial charge in [-0.05, 0) is 32.1 Å². The second-order valence-electron chi connectivity index (χ2n) is 5.29. The molecule has 0 saturated carbocycles. The van der Waals surface area contributed by atoms with Crippen LogP contribution in [0.15, 0.2) is 25.0 Å². The lowest BCUT2D eigenvalue weighted by molar-refractivity contribution is 0.659. The second kappa shape index (κ2) is 6.50. The third-order valence-corrected chi connectivity index (χ3v) is 3.82. The Bertz CT molecular complexity index is 535. The van der Waals surface area contributed by atoms with Gasteiger partial charge in [0.05, 0.1) is 6.33 Å². The number of imidazole rings is 1. The van der Waals surface area contributed by atoms with Crippen LogP contribution in [-0.4, -0.2) is 26.1 Å². The van der Waals surface area contributed by atoms with Crippen LogP contribution in [-0.2, 0) is 19.4 Å². The van der Waals surface area contributed by atoms with Crippen molar-refractivity contribution in [3.05, 3.63) is 36.3 Å². The van der Waals surface area contributed by atoms with Crippen molar-refractivity contribution in [3.63, 3.8) is 0 Å². The highest BCUT2D eigenvalue weighted by Crippen LogP contribution is 2.23. The number of rotatable bonds is 5. The molecule has 5 nitrogen and oxygen atoms in total. The molecule has 0 bridgehead atoms. The van der Waals surface area contributed by atoms with Crippen molar-refractivity contribution in [1.82, 2.24) is 19.5 Å². The molecule has 0 atom stereocenters. The molecule has 0 aliphatic heterocycles. The maximum absolute atomic E-state index is 4.45. The maximum atomic E-state index is 4.45. The first-order chi connectivity index (χ1) is 9.93. The van der Waals surface area contributed by atoms with E-state index in [1.807, 2.05) is 18.7 Å². The molecule has 0 unspecified atom stereocenters. The Balaban J connectivity index is 1.57. The molecule has 1 N–H and O–H groups in total. The molecule has 5 heteroatoms. The fourth-order valence-corrected chi connectivity index (χ4v) is 2.74. The number of nitrogens with zero attached hydrogens (tertiary/aromatic N) is 4. The minimum Gasteiger partial charge on any atom is -0.370 e. The first-order valence-electron chi connectivity index (χ1n) is 7.46. The Morgan fingerprint density at radius 1 is 1.15 bits per heavy atom. The SMILES string of the molecule is c1cn(CCCNc2ncnc3c2CCCCC3)cn1. The molecule has 106 valence electrons. The van der Waals surface area contributed by atoms with Crippen LogP contribution in [0.4, 0.5) is 5.82 Å². The molecule has 2 heterocycles. The lowest BCUT2D eigenvalue weighted by Crippen LogP contribution is -2.10. The number of anilines is 1. The summed E-state index contributed by atoms with van der Waals surface area (Å²) < 4.78 is 2.10. The molecule has 0 spiro atoms. The van der Waals surface area contributed by atoms with Gasteiger partial charge in [-0.2, -0.15) is 0 Å². The number of aryl methyl sites for hydroxylation is 2. The van der Waals surface area contributed by atoms with E-state index in [1.165, 1.54) is 30.5 Å². The van der Waals surface area contributed by atoms with Crippen molar-refractivity contribution in [2.24, 2.45) is 0 Å². The van der Waals surface area contributed by atoms with Gasteiger partial charge in [0.1, 0.15) is 12.1 Å². The van der Waals surface area contributed by atoms with Crippen LogP contribution in [0, 0.1) is 0 Å². The zero-order valence-corrected chi connectivity index (χ0v) is 11.8. The molecule has 1 aliphatic rings. The highest BCUT2D eigenvalue weighted by Gasteiger charge is 2.13. The molecule has 2 aromatic heterocycles. The Hall–Kier alpha value is -1.91.